The Labute approximate surface area is 261 Å². The van der Waals surface area contributed by atoms with Gasteiger partial charge in [-0.2, -0.15) is 0 Å². The van der Waals surface area contributed by atoms with E-state index in [0.717, 1.165) is 47.5 Å². The molecule has 4 rings (SSSR count). The molecule has 3 aromatic carbocycles. The number of benzene rings is 3. The summed E-state index contributed by atoms with van der Waals surface area (Å²) < 4.78 is 40.1. The second-order valence-electron chi connectivity index (χ2n) is 11.1. The Bertz CT molecular complexity index is 1500. The highest BCUT2D eigenvalue weighted by atomic mass is 32.2. The number of sulfonamides is 1. The number of methoxy groups -OCH3 is 1. The summed E-state index contributed by atoms with van der Waals surface area (Å²) in [5.74, 6) is 0.431. The number of amides is 2. The number of anilines is 1. The Balaban J connectivity index is 1.69. The van der Waals surface area contributed by atoms with Crippen molar-refractivity contribution in [1.29, 1.82) is 0 Å². The van der Waals surface area contributed by atoms with Gasteiger partial charge in [0.25, 0.3) is 10.0 Å². The fraction of sp³-hybridized carbons (Fsp3) is 0.412. The summed E-state index contributed by atoms with van der Waals surface area (Å²) in [6, 6.07) is 19.6. The molecular weight excluding hydrogens is 578 g/mol. The summed E-state index contributed by atoms with van der Waals surface area (Å²) in [6.07, 6.45) is 5.07. The van der Waals surface area contributed by atoms with Crippen molar-refractivity contribution < 1.29 is 27.5 Å². The average molecular weight is 622 g/mol. The number of carbonyl (C=O) groups excluding carboxylic acids is 2. The largest absolute Gasteiger partial charge is 0.497 e. The molecule has 0 bridgehead atoms. The molecule has 1 aliphatic carbocycles. The monoisotopic (exact) mass is 621 g/mol. The fourth-order valence-electron chi connectivity index (χ4n) is 5.36. The standard InChI is InChI=1S/C34H43N3O6S/c1-5-43-30-18-16-29(17-19-30)37(44(40,41)32-20-14-25(2)15-21-32)24-33(38)36(23-27-10-9-13-31(22-27)42-4)26(3)34(39)35-28-11-7-6-8-12-28/h9-10,13-22,26,28H,5-8,11-12,23-24H2,1-4H3,(H,35,39)/t26-/m0/s1. The van der Waals surface area contributed by atoms with Crippen molar-refractivity contribution in [3.63, 3.8) is 0 Å². The molecule has 0 radical (unpaired) electrons. The van der Waals surface area contributed by atoms with Crippen molar-refractivity contribution in [2.45, 2.75) is 76.4 Å². The molecular formula is C34H43N3O6S. The molecule has 3 aromatic rings. The Kier molecular flexibility index (Phi) is 11.3. The quantitative estimate of drug-likeness (QED) is 0.272. The number of aryl methyl sites for hydroxylation is 1. The van der Waals surface area contributed by atoms with Crippen molar-refractivity contribution in [2.75, 3.05) is 24.6 Å². The number of nitrogens with one attached hydrogen (secondary N) is 1. The summed E-state index contributed by atoms with van der Waals surface area (Å²) >= 11 is 0. The van der Waals surface area contributed by atoms with E-state index in [1.54, 1.807) is 62.6 Å². The van der Waals surface area contributed by atoms with E-state index < -0.39 is 28.5 Å². The van der Waals surface area contributed by atoms with E-state index in [0.29, 0.717) is 23.8 Å². The molecule has 1 saturated carbocycles. The third-order valence-corrected chi connectivity index (χ3v) is 9.72. The molecule has 1 atom stereocenters. The van der Waals surface area contributed by atoms with Crippen molar-refractivity contribution in [1.82, 2.24) is 10.2 Å². The van der Waals surface area contributed by atoms with Gasteiger partial charge in [0.05, 0.1) is 24.3 Å². The van der Waals surface area contributed by atoms with Crippen LogP contribution in [0.4, 0.5) is 5.69 Å². The van der Waals surface area contributed by atoms with Gasteiger partial charge in [-0.1, -0.05) is 49.1 Å². The first-order valence-corrected chi connectivity index (χ1v) is 16.6. The van der Waals surface area contributed by atoms with Gasteiger partial charge in [-0.05, 0) is 87.7 Å². The van der Waals surface area contributed by atoms with Crippen LogP contribution in [0.15, 0.2) is 77.7 Å². The Morgan fingerprint density at radius 2 is 1.64 bits per heavy atom. The zero-order valence-corrected chi connectivity index (χ0v) is 26.8. The third kappa shape index (κ3) is 8.31. The SMILES string of the molecule is CCOc1ccc(N(CC(=O)N(Cc2cccc(OC)c2)[C@@H](C)C(=O)NC2CCCCC2)S(=O)(=O)c2ccc(C)cc2)cc1. The molecule has 0 heterocycles. The first-order chi connectivity index (χ1) is 21.1. The van der Waals surface area contributed by atoms with Gasteiger partial charge in [-0.25, -0.2) is 8.42 Å². The van der Waals surface area contributed by atoms with Crippen LogP contribution in [0.5, 0.6) is 11.5 Å². The highest BCUT2D eigenvalue weighted by Crippen LogP contribution is 2.27. The number of nitrogens with zero attached hydrogens (tertiary/aromatic N) is 2. The molecule has 1 N–H and O–H groups in total. The van der Waals surface area contributed by atoms with Gasteiger partial charge in [0.15, 0.2) is 0 Å². The van der Waals surface area contributed by atoms with Crippen molar-refractivity contribution in [3.05, 3.63) is 83.9 Å². The predicted molar refractivity (Wildman–Crippen MR) is 171 cm³/mol. The van der Waals surface area contributed by atoms with Crippen LogP contribution in [-0.4, -0.2) is 57.5 Å². The molecule has 44 heavy (non-hydrogen) atoms. The normalized spacial score (nSPS) is 14.4. The Morgan fingerprint density at radius 1 is 0.955 bits per heavy atom. The maximum absolute atomic E-state index is 14.2. The lowest BCUT2D eigenvalue weighted by Crippen LogP contribution is -2.53. The predicted octanol–water partition coefficient (Wildman–Crippen LogP) is 5.46. The van der Waals surface area contributed by atoms with Crippen LogP contribution in [0, 0.1) is 6.92 Å². The lowest BCUT2D eigenvalue weighted by molar-refractivity contribution is -0.139. The number of hydrogen-bond acceptors (Lipinski definition) is 6. The zero-order valence-electron chi connectivity index (χ0n) is 26.0. The minimum Gasteiger partial charge on any atom is -0.497 e. The van der Waals surface area contributed by atoms with Crippen LogP contribution < -0.4 is 19.1 Å². The first-order valence-electron chi connectivity index (χ1n) is 15.2. The Hall–Kier alpha value is -4.05. The number of hydrogen-bond donors (Lipinski definition) is 1. The lowest BCUT2D eigenvalue weighted by atomic mass is 9.95. The lowest BCUT2D eigenvalue weighted by Gasteiger charge is -2.33. The molecule has 0 saturated heterocycles. The van der Waals surface area contributed by atoms with E-state index in [1.165, 1.54) is 17.0 Å². The van der Waals surface area contributed by atoms with E-state index in [-0.39, 0.29) is 23.4 Å². The van der Waals surface area contributed by atoms with Gasteiger partial charge < -0.3 is 19.7 Å². The molecule has 0 spiro atoms. The first kappa shape index (κ1) is 32.9. The molecule has 236 valence electrons. The van der Waals surface area contributed by atoms with E-state index in [9.17, 15) is 18.0 Å². The van der Waals surface area contributed by atoms with Crippen LogP contribution in [0.25, 0.3) is 0 Å². The topological polar surface area (TPSA) is 105 Å². The second-order valence-corrected chi connectivity index (χ2v) is 13.0. The summed E-state index contributed by atoms with van der Waals surface area (Å²) in [5, 5.41) is 3.12. The maximum Gasteiger partial charge on any atom is 0.264 e. The van der Waals surface area contributed by atoms with E-state index in [2.05, 4.69) is 5.32 Å². The van der Waals surface area contributed by atoms with Gasteiger partial charge >= 0.3 is 0 Å². The van der Waals surface area contributed by atoms with E-state index in [4.69, 9.17) is 9.47 Å². The number of rotatable bonds is 13. The molecule has 0 aromatic heterocycles. The fourth-order valence-corrected chi connectivity index (χ4v) is 6.77. The molecule has 10 heteroatoms. The minimum atomic E-state index is -4.15. The van der Waals surface area contributed by atoms with Crippen LogP contribution in [0.1, 0.15) is 57.1 Å². The van der Waals surface area contributed by atoms with Gasteiger partial charge in [0.2, 0.25) is 11.8 Å². The Morgan fingerprint density at radius 3 is 2.27 bits per heavy atom. The number of ether oxygens (including phenoxy) is 2. The van der Waals surface area contributed by atoms with Crippen molar-refractivity contribution in [2.24, 2.45) is 0 Å². The van der Waals surface area contributed by atoms with Crippen molar-refractivity contribution in [3.8, 4) is 11.5 Å². The van der Waals surface area contributed by atoms with Gasteiger partial charge in [0, 0.05) is 12.6 Å². The van der Waals surface area contributed by atoms with Crippen LogP contribution in [-0.2, 0) is 26.2 Å². The molecule has 2 amide bonds. The van der Waals surface area contributed by atoms with Gasteiger partial charge in [-0.15, -0.1) is 0 Å². The summed E-state index contributed by atoms with van der Waals surface area (Å²) in [6.45, 7) is 5.48. The van der Waals surface area contributed by atoms with Crippen LogP contribution in [0.2, 0.25) is 0 Å². The summed E-state index contributed by atoms with van der Waals surface area (Å²) in [4.78, 5) is 29.2. The van der Waals surface area contributed by atoms with Gasteiger partial charge in [0.1, 0.15) is 24.1 Å². The summed E-state index contributed by atoms with van der Waals surface area (Å²) in [7, 11) is -2.59. The number of carbonyl (C=O) groups is 2. The second kappa shape index (κ2) is 15.1. The third-order valence-electron chi connectivity index (χ3n) is 7.93. The molecule has 1 aliphatic rings. The maximum atomic E-state index is 14.2. The molecule has 1 fully saturated rings. The highest BCUT2D eigenvalue weighted by Gasteiger charge is 2.33. The molecule has 0 aliphatic heterocycles. The molecule has 0 unspecified atom stereocenters. The van der Waals surface area contributed by atoms with Gasteiger partial charge in [-0.3, -0.25) is 13.9 Å². The molecule has 9 nitrogen and oxygen atoms in total. The van der Waals surface area contributed by atoms with E-state index >= 15 is 0 Å². The van der Waals surface area contributed by atoms with Crippen LogP contribution >= 0.6 is 0 Å². The minimum absolute atomic E-state index is 0.0622. The van der Waals surface area contributed by atoms with Crippen molar-refractivity contribution >= 4 is 27.5 Å². The summed E-state index contributed by atoms with van der Waals surface area (Å²) in [5.41, 5.74) is 1.97. The zero-order chi connectivity index (χ0) is 31.7. The highest BCUT2D eigenvalue weighted by molar-refractivity contribution is 7.92. The smallest absolute Gasteiger partial charge is 0.264 e. The van der Waals surface area contributed by atoms with E-state index in [1.807, 2.05) is 26.0 Å². The van der Waals surface area contributed by atoms with Crippen LogP contribution in [0.3, 0.4) is 0 Å². The average Bonchev–Trinajstić information content (AvgIpc) is 3.03.